The van der Waals surface area contributed by atoms with Crippen molar-refractivity contribution in [1.82, 2.24) is 9.78 Å². The Labute approximate surface area is 116 Å². The predicted octanol–water partition coefficient (Wildman–Crippen LogP) is 3.53. The summed E-state index contributed by atoms with van der Waals surface area (Å²) in [6.45, 7) is 7.38. The summed E-state index contributed by atoms with van der Waals surface area (Å²) in [5.74, 6) is -2.28. The Balaban J connectivity index is 2.37. The quantitative estimate of drug-likeness (QED) is 0.805. The molecular weight excluding hydrogens is 262 g/mol. The van der Waals surface area contributed by atoms with Crippen molar-refractivity contribution in [3.05, 3.63) is 52.3 Å². The first-order chi connectivity index (χ1) is 9.32. The van der Waals surface area contributed by atoms with Gasteiger partial charge in [0.25, 0.3) is 0 Å². The molecule has 0 radical (unpaired) electrons. The highest BCUT2D eigenvalue weighted by atomic mass is 19.2. The molecule has 0 aliphatic carbocycles. The maximum Gasteiger partial charge on any atom is 0.187 e. The molecule has 3 nitrogen and oxygen atoms in total. The van der Waals surface area contributed by atoms with E-state index in [1.165, 1.54) is 6.07 Å². The molecule has 20 heavy (non-hydrogen) atoms. The van der Waals surface area contributed by atoms with E-state index in [0.717, 1.165) is 29.1 Å². The standard InChI is InChI=1S/C15H16F2N2O/c1-8-9(2)18-19(10(8)3)11(4)15(20)12-5-6-13(16)14(17)7-12/h5-7,11H,1-4H3. The first kappa shape index (κ1) is 14.4. The molecule has 0 N–H and O–H groups in total. The number of nitrogens with zero attached hydrogens (tertiary/aromatic N) is 2. The topological polar surface area (TPSA) is 34.9 Å². The van der Waals surface area contributed by atoms with Gasteiger partial charge in [0.1, 0.15) is 6.04 Å². The number of aryl methyl sites for hydroxylation is 1. The van der Waals surface area contributed by atoms with Gasteiger partial charge in [-0.3, -0.25) is 9.48 Å². The Morgan fingerprint density at radius 2 is 1.85 bits per heavy atom. The molecule has 0 aliphatic rings. The average molecular weight is 278 g/mol. The lowest BCUT2D eigenvalue weighted by molar-refractivity contribution is 0.0926. The number of benzene rings is 1. The molecule has 0 aliphatic heterocycles. The van der Waals surface area contributed by atoms with E-state index in [9.17, 15) is 13.6 Å². The van der Waals surface area contributed by atoms with Crippen LogP contribution in [-0.2, 0) is 0 Å². The molecule has 1 atom stereocenters. The van der Waals surface area contributed by atoms with Gasteiger partial charge in [-0.15, -0.1) is 0 Å². The Hall–Kier alpha value is -2.04. The Morgan fingerprint density at radius 3 is 2.35 bits per heavy atom. The van der Waals surface area contributed by atoms with Crippen LogP contribution in [0.1, 0.15) is 40.3 Å². The van der Waals surface area contributed by atoms with E-state index in [0.29, 0.717) is 0 Å². The summed E-state index contributed by atoms with van der Waals surface area (Å²) in [7, 11) is 0. The normalized spacial score (nSPS) is 12.5. The number of rotatable bonds is 3. The highest BCUT2D eigenvalue weighted by Gasteiger charge is 2.21. The van der Waals surface area contributed by atoms with E-state index in [-0.39, 0.29) is 11.3 Å². The average Bonchev–Trinajstić information content (AvgIpc) is 2.68. The molecule has 0 saturated carbocycles. The highest BCUT2D eigenvalue weighted by molar-refractivity contribution is 5.98. The van der Waals surface area contributed by atoms with Gasteiger partial charge in [-0.05, 0) is 51.5 Å². The molecule has 0 amide bonds. The minimum Gasteiger partial charge on any atom is -0.292 e. The van der Waals surface area contributed by atoms with Crippen LogP contribution in [0.15, 0.2) is 18.2 Å². The third kappa shape index (κ3) is 2.35. The molecule has 0 spiro atoms. The fourth-order valence-electron chi connectivity index (χ4n) is 2.12. The molecule has 1 aromatic carbocycles. The van der Waals surface area contributed by atoms with Crippen molar-refractivity contribution in [1.29, 1.82) is 0 Å². The van der Waals surface area contributed by atoms with Crippen molar-refractivity contribution in [2.24, 2.45) is 0 Å². The minimum absolute atomic E-state index is 0.140. The number of carbonyl (C=O) groups is 1. The molecule has 0 fully saturated rings. The number of hydrogen-bond donors (Lipinski definition) is 0. The zero-order valence-corrected chi connectivity index (χ0v) is 11.9. The van der Waals surface area contributed by atoms with Gasteiger partial charge in [-0.2, -0.15) is 5.10 Å². The summed E-state index contributed by atoms with van der Waals surface area (Å²) in [6, 6.07) is 2.61. The van der Waals surface area contributed by atoms with Crippen LogP contribution in [0.5, 0.6) is 0 Å². The van der Waals surface area contributed by atoms with Crippen molar-refractivity contribution in [3.8, 4) is 0 Å². The molecule has 5 heteroatoms. The third-order valence-electron chi connectivity index (χ3n) is 3.64. The van der Waals surface area contributed by atoms with Crippen molar-refractivity contribution in [3.63, 3.8) is 0 Å². The molecule has 1 heterocycles. The fraction of sp³-hybridized carbons (Fsp3) is 0.333. The second-order valence-corrected chi connectivity index (χ2v) is 4.91. The smallest absolute Gasteiger partial charge is 0.187 e. The van der Waals surface area contributed by atoms with Gasteiger partial charge >= 0.3 is 0 Å². The Bertz CT molecular complexity index is 677. The van der Waals surface area contributed by atoms with Crippen molar-refractivity contribution in [2.75, 3.05) is 0 Å². The summed E-state index contributed by atoms with van der Waals surface area (Å²) in [5.41, 5.74) is 2.91. The van der Waals surface area contributed by atoms with E-state index in [1.807, 2.05) is 20.8 Å². The predicted molar refractivity (Wildman–Crippen MR) is 71.8 cm³/mol. The van der Waals surface area contributed by atoms with Gasteiger partial charge in [0.05, 0.1) is 5.69 Å². The van der Waals surface area contributed by atoms with Gasteiger partial charge in [0, 0.05) is 11.3 Å². The number of Topliss-reactive ketones (excluding diaryl/α,β-unsaturated/α-hetero) is 1. The number of ketones is 1. The summed E-state index contributed by atoms with van der Waals surface area (Å²) < 4.78 is 27.7. The molecule has 0 saturated heterocycles. The summed E-state index contributed by atoms with van der Waals surface area (Å²) >= 11 is 0. The van der Waals surface area contributed by atoms with Crippen LogP contribution in [0.4, 0.5) is 8.78 Å². The summed E-state index contributed by atoms with van der Waals surface area (Å²) in [4.78, 5) is 12.3. The second kappa shape index (κ2) is 5.15. The van der Waals surface area contributed by atoms with Crippen molar-refractivity contribution >= 4 is 5.78 Å². The minimum atomic E-state index is -1.02. The molecule has 0 bridgehead atoms. The lowest BCUT2D eigenvalue weighted by Crippen LogP contribution is -2.19. The second-order valence-electron chi connectivity index (χ2n) is 4.91. The van der Waals surface area contributed by atoms with Crippen LogP contribution in [0.3, 0.4) is 0 Å². The SMILES string of the molecule is Cc1nn(C(C)C(=O)c2ccc(F)c(F)c2)c(C)c1C. The maximum atomic E-state index is 13.2. The van der Waals surface area contributed by atoms with Crippen molar-refractivity contribution in [2.45, 2.75) is 33.7 Å². The maximum absolute atomic E-state index is 13.2. The van der Waals surface area contributed by atoms with Gasteiger partial charge in [-0.1, -0.05) is 0 Å². The zero-order chi connectivity index (χ0) is 15.0. The molecule has 106 valence electrons. The monoisotopic (exact) mass is 278 g/mol. The summed E-state index contributed by atoms with van der Waals surface area (Å²) in [6.07, 6.45) is 0. The van der Waals surface area contributed by atoms with Crippen LogP contribution in [0.2, 0.25) is 0 Å². The molecule has 2 rings (SSSR count). The molecular formula is C15H16F2N2O. The number of hydrogen-bond acceptors (Lipinski definition) is 2. The van der Waals surface area contributed by atoms with E-state index >= 15 is 0 Å². The third-order valence-corrected chi connectivity index (χ3v) is 3.64. The fourth-order valence-corrected chi connectivity index (χ4v) is 2.12. The van der Waals surface area contributed by atoms with Gasteiger partial charge in [-0.25, -0.2) is 8.78 Å². The zero-order valence-electron chi connectivity index (χ0n) is 11.9. The van der Waals surface area contributed by atoms with E-state index in [1.54, 1.807) is 11.6 Å². The van der Waals surface area contributed by atoms with E-state index < -0.39 is 17.7 Å². The summed E-state index contributed by atoms with van der Waals surface area (Å²) in [5, 5.41) is 4.32. The van der Waals surface area contributed by atoms with E-state index in [4.69, 9.17) is 0 Å². The van der Waals surface area contributed by atoms with Gasteiger partial charge in [0.15, 0.2) is 17.4 Å². The van der Waals surface area contributed by atoms with Gasteiger partial charge in [0.2, 0.25) is 0 Å². The molecule has 1 aromatic heterocycles. The Kier molecular flexibility index (Phi) is 3.70. The Morgan fingerprint density at radius 1 is 1.20 bits per heavy atom. The van der Waals surface area contributed by atoms with Crippen LogP contribution in [0, 0.1) is 32.4 Å². The van der Waals surface area contributed by atoms with Crippen LogP contribution in [-0.4, -0.2) is 15.6 Å². The number of halogens is 2. The first-order valence-corrected chi connectivity index (χ1v) is 6.34. The lowest BCUT2D eigenvalue weighted by atomic mass is 10.0. The highest BCUT2D eigenvalue weighted by Crippen LogP contribution is 2.20. The van der Waals surface area contributed by atoms with Crippen molar-refractivity contribution < 1.29 is 13.6 Å². The van der Waals surface area contributed by atoms with Crippen LogP contribution in [0.25, 0.3) is 0 Å². The largest absolute Gasteiger partial charge is 0.292 e. The van der Waals surface area contributed by atoms with Crippen LogP contribution < -0.4 is 0 Å². The van der Waals surface area contributed by atoms with Gasteiger partial charge < -0.3 is 0 Å². The lowest BCUT2D eigenvalue weighted by Gasteiger charge is -2.13. The number of aromatic nitrogens is 2. The molecule has 1 unspecified atom stereocenters. The molecule has 2 aromatic rings. The van der Waals surface area contributed by atoms with Crippen LogP contribution >= 0.6 is 0 Å². The van der Waals surface area contributed by atoms with E-state index in [2.05, 4.69) is 5.10 Å². The first-order valence-electron chi connectivity index (χ1n) is 6.34. The number of carbonyl (C=O) groups excluding carboxylic acids is 1.